The molecule has 2 atom stereocenters. The summed E-state index contributed by atoms with van der Waals surface area (Å²) in [7, 11) is 1.42. The Hall–Kier alpha value is -2.80. The van der Waals surface area contributed by atoms with Gasteiger partial charge in [0.05, 0.1) is 12.6 Å². The number of carbonyl (C=O) groups excluding carboxylic acids is 2. The highest BCUT2D eigenvalue weighted by Gasteiger charge is 2.39. The lowest BCUT2D eigenvalue weighted by Crippen LogP contribution is -2.32. The highest BCUT2D eigenvalue weighted by atomic mass is 19.1. The molecule has 1 N–H and O–H groups in total. The van der Waals surface area contributed by atoms with Crippen molar-refractivity contribution < 1.29 is 18.7 Å². The highest BCUT2D eigenvalue weighted by molar-refractivity contribution is 6.00. The second-order valence-electron chi connectivity index (χ2n) is 6.90. The summed E-state index contributed by atoms with van der Waals surface area (Å²) < 4.78 is 20.3. The summed E-state index contributed by atoms with van der Waals surface area (Å²) in [4.78, 5) is 37.5. The van der Waals surface area contributed by atoms with Gasteiger partial charge in [-0.1, -0.05) is 12.1 Å². The van der Waals surface area contributed by atoms with E-state index < -0.39 is 17.3 Å². The first-order valence-corrected chi connectivity index (χ1v) is 9.28. The van der Waals surface area contributed by atoms with Gasteiger partial charge in [-0.25, -0.2) is 4.39 Å². The average Bonchev–Trinajstić information content (AvgIpc) is 3.40. The van der Waals surface area contributed by atoms with Crippen molar-refractivity contribution in [3.05, 3.63) is 69.4 Å². The first kappa shape index (κ1) is 19.9. The van der Waals surface area contributed by atoms with Crippen molar-refractivity contribution in [2.45, 2.75) is 32.4 Å². The third kappa shape index (κ3) is 4.54. The van der Waals surface area contributed by atoms with E-state index in [2.05, 4.69) is 5.32 Å². The zero-order valence-corrected chi connectivity index (χ0v) is 15.9. The fraction of sp³-hybridized carbons (Fsp3) is 0.381. The summed E-state index contributed by atoms with van der Waals surface area (Å²) in [5.41, 5.74) is 0.214. The number of hydrogen-bond donors (Lipinski definition) is 1. The van der Waals surface area contributed by atoms with Crippen LogP contribution in [-0.4, -0.2) is 36.0 Å². The molecule has 1 aliphatic rings. The van der Waals surface area contributed by atoms with E-state index in [-0.39, 0.29) is 35.5 Å². The smallest absolute Gasteiger partial charge is 0.263 e. The average molecular weight is 386 g/mol. The predicted octanol–water partition coefficient (Wildman–Crippen LogP) is 2.39. The Morgan fingerprint density at radius 2 is 2.11 bits per heavy atom. The summed E-state index contributed by atoms with van der Waals surface area (Å²) in [6.45, 7) is 2.58. The number of rotatable bonds is 8. The minimum absolute atomic E-state index is 0.0622. The summed E-state index contributed by atoms with van der Waals surface area (Å²) >= 11 is 0. The molecular weight excluding hydrogens is 363 g/mol. The van der Waals surface area contributed by atoms with Gasteiger partial charge in [-0.3, -0.25) is 14.4 Å². The molecular formula is C21H23FN2O4. The SMILES string of the molecule is CCO[C@H]1CC1CC(=O)c1cc(C(=O)NC)c(=O)n(Cc2cccc(F)c2)c1. The number of hydrogen-bond acceptors (Lipinski definition) is 4. The van der Waals surface area contributed by atoms with Crippen LogP contribution in [0.4, 0.5) is 4.39 Å². The predicted molar refractivity (Wildman–Crippen MR) is 102 cm³/mol. The van der Waals surface area contributed by atoms with Gasteiger partial charge in [0.2, 0.25) is 0 Å². The molecule has 1 aromatic heterocycles. The van der Waals surface area contributed by atoms with Crippen molar-refractivity contribution in [1.82, 2.24) is 9.88 Å². The molecule has 0 saturated heterocycles. The molecule has 1 aromatic carbocycles. The van der Waals surface area contributed by atoms with Gasteiger partial charge in [0.25, 0.3) is 11.5 Å². The monoisotopic (exact) mass is 386 g/mol. The van der Waals surface area contributed by atoms with Crippen molar-refractivity contribution in [1.29, 1.82) is 0 Å². The third-order valence-electron chi connectivity index (χ3n) is 4.81. The summed E-state index contributed by atoms with van der Waals surface area (Å²) in [5, 5.41) is 2.42. The van der Waals surface area contributed by atoms with Crippen molar-refractivity contribution >= 4 is 11.7 Å². The number of halogens is 1. The van der Waals surface area contributed by atoms with Crippen molar-refractivity contribution in [2.24, 2.45) is 5.92 Å². The number of ether oxygens (including phenoxy) is 1. The molecule has 1 heterocycles. The minimum Gasteiger partial charge on any atom is -0.378 e. The van der Waals surface area contributed by atoms with E-state index in [4.69, 9.17) is 4.74 Å². The molecule has 1 unspecified atom stereocenters. The molecule has 28 heavy (non-hydrogen) atoms. The van der Waals surface area contributed by atoms with E-state index in [1.54, 1.807) is 12.1 Å². The maximum Gasteiger partial charge on any atom is 0.263 e. The molecule has 3 rings (SSSR count). The van der Waals surface area contributed by atoms with Crippen LogP contribution in [0.3, 0.4) is 0 Å². The largest absolute Gasteiger partial charge is 0.378 e. The Kier molecular flexibility index (Phi) is 6.04. The number of aromatic nitrogens is 1. The quantitative estimate of drug-likeness (QED) is 0.707. The number of ketones is 1. The Morgan fingerprint density at radius 1 is 1.32 bits per heavy atom. The van der Waals surface area contributed by atoms with Crippen molar-refractivity contribution in [2.75, 3.05) is 13.7 Å². The van der Waals surface area contributed by atoms with Gasteiger partial charge in [-0.2, -0.15) is 0 Å². The van der Waals surface area contributed by atoms with E-state index in [1.807, 2.05) is 6.92 Å². The lowest BCUT2D eigenvalue weighted by atomic mass is 10.0. The molecule has 0 aliphatic heterocycles. The summed E-state index contributed by atoms with van der Waals surface area (Å²) in [6, 6.07) is 7.19. The molecule has 2 aromatic rings. The number of Topliss-reactive ketones (excluding diaryl/α,β-unsaturated/α-hetero) is 1. The summed E-state index contributed by atoms with van der Waals surface area (Å²) in [6.07, 6.45) is 2.69. The molecule has 1 aliphatic carbocycles. The van der Waals surface area contributed by atoms with Crippen LogP contribution in [-0.2, 0) is 11.3 Å². The number of nitrogens with one attached hydrogen (secondary N) is 1. The molecule has 0 spiro atoms. The fourth-order valence-electron chi connectivity index (χ4n) is 3.24. The van der Waals surface area contributed by atoms with E-state index >= 15 is 0 Å². The third-order valence-corrected chi connectivity index (χ3v) is 4.81. The zero-order chi connectivity index (χ0) is 20.3. The molecule has 6 nitrogen and oxygen atoms in total. The lowest BCUT2D eigenvalue weighted by molar-refractivity contribution is 0.0931. The maximum absolute atomic E-state index is 13.5. The van der Waals surface area contributed by atoms with Gasteiger partial charge >= 0.3 is 0 Å². The Labute approximate surface area is 162 Å². The number of benzene rings is 1. The van der Waals surface area contributed by atoms with E-state index in [1.165, 1.54) is 36.0 Å². The summed E-state index contributed by atoms with van der Waals surface area (Å²) in [5.74, 6) is -0.962. The first-order valence-electron chi connectivity index (χ1n) is 9.28. The van der Waals surface area contributed by atoms with Gasteiger partial charge in [0.1, 0.15) is 11.4 Å². The Balaban J connectivity index is 1.90. The van der Waals surface area contributed by atoms with E-state index in [0.717, 1.165) is 6.42 Å². The lowest BCUT2D eigenvalue weighted by Gasteiger charge is -2.11. The van der Waals surface area contributed by atoms with Gasteiger partial charge in [-0.15, -0.1) is 0 Å². The van der Waals surface area contributed by atoms with Gasteiger partial charge < -0.3 is 14.6 Å². The standard InChI is InChI=1S/C21H23FN2O4/c1-3-28-19-10-14(19)9-18(25)15-8-17(20(26)23-2)21(27)24(12-15)11-13-5-4-6-16(22)7-13/h4-8,12,14,19H,3,9-11H2,1-2H3,(H,23,26)/t14?,19-/m0/s1. The molecule has 148 valence electrons. The first-order chi connectivity index (χ1) is 13.4. The molecule has 0 radical (unpaired) electrons. The fourth-order valence-corrected chi connectivity index (χ4v) is 3.24. The molecule has 1 fully saturated rings. The molecule has 0 bridgehead atoms. The second-order valence-corrected chi connectivity index (χ2v) is 6.90. The van der Waals surface area contributed by atoms with Crippen molar-refractivity contribution in [3.63, 3.8) is 0 Å². The molecule has 1 amide bonds. The number of pyridine rings is 1. The second kappa shape index (κ2) is 8.48. The van der Waals surface area contributed by atoms with Gasteiger partial charge in [-0.05, 0) is 43.0 Å². The zero-order valence-electron chi connectivity index (χ0n) is 15.9. The number of carbonyl (C=O) groups is 2. The van der Waals surface area contributed by atoms with Crippen LogP contribution < -0.4 is 10.9 Å². The molecule has 7 heteroatoms. The molecule has 1 saturated carbocycles. The van der Waals surface area contributed by atoms with Crippen LogP contribution in [0.2, 0.25) is 0 Å². The Morgan fingerprint density at radius 3 is 2.79 bits per heavy atom. The van der Waals surface area contributed by atoms with Crippen LogP contribution in [0.15, 0.2) is 41.3 Å². The number of amides is 1. The van der Waals surface area contributed by atoms with Crippen LogP contribution >= 0.6 is 0 Å². The van der Waals surface area contributed by atoms with E-state index in [0.29, 0.717) is 18.6 Å². The minimum atomic E-state index is -0.564. The topological polar surface area (TPSA) is 77.4 Å². The van der Waals surface area contributed by atoms with Crippen LogP contribution in [0.5, 0.6) is 0 Å². The van der Waals surface area contributed by atoms with E-state index in [9.17, 15) is 18.8 Å². The van der Waals surface area contributed by atoms with Crippen LogP contribution in [0.25, 0.3) is 0 Å². The normalized spacial score (nSPS) is 18.0. The highest BCUT2D eigenvalue weighted by Crippen LogP contribution is 2.37. The van der Waals surface area contributed by atoms with Crippen LogP contribution in [0, 0.1) is 11.7 Å². The number of nitrogens with zero attached hydrogens (tertiary/aromatic N) is 1. The van der Waals surface area contributed by atoms with Crippen LogP contribution in [0.1, 0.15) is 46.0 Å². The Bertz CT molecular complexity index is 954. The van der Waals surface area contributed by atoms with Crippen molar-refractivity contribution in [3.8, 4) is 0 Å². The van der Waals surface area contributed by atoms with Gasteiger partial charge in [0.15, 0.2) is 5.78 Å². The maximum atomic E-state index is 13.5. The van der Waals surface area contributed by atoms with Gasteiger partial charge in [0, 0.05) is 31.8 Å².